The number of aromatic carboxylic acids is 1. The molecule has 154 valence electrons. The molecule has 4 rings (SSSR count). The van der Waals surface area contributed by atoms with Crippen LogP contribution in [0.5, 0.6) is 0 Å². The summed E-state index contributed by atoms with van der Waals surface area (Å²) in [6.07, 6.45) is 0.119. The summed E-state index contributed by atoms with van der Waals surface area (Å²) in [5, 5.41) is 23.2. The molecule has 3 N–H and O–H groups in total. The summed E-state index contributed by atoms with van der Waals surface area (Å²) >= 11 is 0. The highest BCUT2D eigenvalue weighted by Gasteiger charge is 2.14. The molecule has 0 bridgehead atoms. The van der Waals surface area contributed by atoms with Gasteiger partial charge in [0.25, 0.3) is 0 Å². The van der Waals surface area contributed by atoms with E-state index in [0.29, 0.717) is 0 Å². The summed E-state index contributed by atoms with van der Waals surface area (Å²) in [6.45, 7) is -0.00636. The Morgan fingerprint density at radius 3 is 2.13 bits per heavy atom. The summed E-state index contributed by atoms with van der Waals surface area (Å²) in [7, 11) is 0. The van der Waals surface area contributed by atoms with Crippen molar-refractivity contribution in [3.63, 3.8) is 0 Å². The summed E-state index contributed by atoms with van der Waals surface area (Å²) in [5.74, 6) is -1.38. The highest BCUT2D eigenvalue weighted by Crippen LogP contribution is 2.25. The van der Waals surface area contributed by atoms with Gasteiger partial charge in [-0.1, -0.05) is 72.8 Å². The van der Waals surface area contributed by atoms with Gasteiger partial charge in [-0.05, 0) is 45.2 Å². The quantitative estimate of drug-likeness (QED) is 0.422. The number of rotatable bonds is 6. The van der Waals surface area contributed by atoms with Crippen LogP contribution in [0.3, 0.4) is 0 Å². The highest BCUT2D eigenvalue weighted by molar-refractivity contribution is 6.05. The van der Waals surface area contributed by atoms with Crippen LogP contribution >= 0.6 is 0 Å². The number of hydrogen-bond donors (Lipinski definition) is 3. The molecule has 0 radical (unpaired) electrons. The standard InChI is InChI=1S/C26H21NO4/c28-16-17-8-10-19(11-9-17)20-7-3-4-18(12-20)13-25(29)27-24-15-22-6-2-1-5-21(22)14-23(24)26(30)31/h1-12,14-15,28H,13,16H2,(H,27,29)(H,30,31). The van der Waals surface area contributed by atoms with Gasteiger partial charge in [0.15, 0.2) is 0 Å². The Hall–Kier alpha value is -3.96. The fraction of sp³-hybridized carbons (Fsp3) is 0.0769. The van der Waals surface area contributed by atoms with Crippen molar-refractivity contribution in [2.45, 2.75) is 13.0 Å². The molecule has 0 aromatic heterocycles. The molecular weight excluding hydrogens is 390 g/mol. The lowest BCUT2D eigenvalue weighted by molar-refractivity contribution is -0.115. The molecule has 0 heterocycles. The topological polar surface area (TPSA) is 86.6 Å². The van der Waals surface area contributed by atoms with Crippen LogP contribution in [0.1, 0.15) is 21.5 Å². The molecule has 0 aliphatic rings. The summed E-state index contributed by atoms with van der Waals surface area (Å²) in [4.78, 5) is 24.4. The molecule has 4 aromatic rings. The minimum atomic E-state index is -1.09. The van der Waals surface area contributed by atoms with Crippen molar-refractivity contribution in [2.75, 3.05) is 5.32 Å². The van der Waals surface area contributed by atoms with E-state index in [4.69, 9.17) is 0 Å². The lowest BCUT2D eigenvalue weighted by Crippen LogP contribution is -2.17. The van der Waals surface area contributed by atoms with Gasteiger partial charge in [-0.3, -0.25) is 4.79 Å². The van der Waals surface area contributed by atoms with Crippen molar-refractivity contribution in [3.05, 3.63) is 102 Å². The maximum Gasteiger partial charge on any atom is 0.337 e. The molecule has 0 aliphatic heterocycles. The minimum absolute atomic E-state index is 0.00636. The van der Waals surface area contributed by atoms with Crippen molar-refractivity contribution in [2.24, 2.45) is 0 Å². The van der Waals surface area contributed by atoms with Gasteiger partial charge in [-0.15, -0.1) is 0 Å². The zero-order valence-corrected chi connectivity index (χ0v) is 16.7. The molecule has 0 saturated carbocycles. The van der Waals surface area contributed by atoms with Crippen molar-refractivity contribution in [1.29, 1.82) is 0 Å². The van der Waals surface area contributed by atoms with Crippen LogP contribution in [-0.4, -0.2) is 22.1 Å². The Labute approximate surface area is 179 Å². The predicted octanol–water partition coefficient (Wildman–Crippen LogP) is 4.88. The number of carboxylic acids is 1. The summed E-state index contributed by atoms with van der Waals surface area (Å²) < 4.78 is 0. The number of carboxylic acid groups (broad SMARTS) is 1. The van der Waals surface area contributed by atoms with Gasteiger partial charge in [-0.25, -0.2) is 4.79 Å². The molecule has 5 heteroatoms. The number of benzene rings is 4. The van der Waals surface area contributed by atoms with Crippen molar-refractivity contribution in [1.82, 2.24) is 0 Å². The molecule has 4 aromatic carbocycles. The van der Waals surface area contributed by atoms with Crippen LogP contribution in [0, 0.1) is 0 Å². The minimum Gasteiger partial charge on any atom is -0.478 e. The first-order chi connectivity index (χ1) is 15.0. The number of hydrogen-bond acceptors (Lipinski definition) is 3. The Morgan fingerprint density at radius 2 is 1.45 bits per heavy atom. The van der Waals surface area contributed by atoms with Gasteiger partial charge in [0.05, 0.1) is 24.3 Å². The van der Waals surface area contributed by atoms with Gasteiger partial charge in [-0.2, -0.15) is 0 Å². The molecular formula is C26H21NO4. The predicted molar refractivity (Wildman–Crippen MR) is 121 cm³/mol. The second-order valence-corrected chi connectivity index (χ2v) is 7.33. The first-order valence-corrected chi connectivity index (χ1v) is 9.88. The van der Waals surface area contributed by atoms with Crippen molar-refractivity contribution in [3.8, 4) is 11.1 Å². The number of aliphatic hydroxyl groups is 1. The van der Waals surface area contributed by atoms with Gasteiger partial charge >= 0.3 is 5.97 Å². The number of aliphatic hydroxyl groups excluding tert-OH is 1. The van der Waals surface area contributed by atoms with Crippen molar-refractivity contribution < 1.29 is 19.8 Å². The molecule has 1 amide bonds. The Balaban J connectivity index is 1.55. The zero-order valence-electron chi connectivity index (χ0n) is 16.7. The smallest absolute Gasteiger partial charge is 0.337 e. The van der Waals surface area contributed by atoms with Crippen LogP contribution in [-0.2, 0) is 17.8 Å². The maximum absolute atomic E-state index is 12.7. The van der Waals surface area contributed by atoms with E-state index < -0.39 is 5.97 Å². The second-order valence-electron chi connectivity index (χ2n) is 7.33. The number of carbonyl (C=O) groups is 2. The Bertz CT molecular complexity index is 1260. The molecule has 0 atom stereocenters. The molecule has 0 aliphatic carbocycles. The molecule has 0 spiro atoms. The van der Waals surface area contributed by atoms with Gasteiger partial charge in [0.1, 0.15) is 0 Å². The SMILES string of the molecule is O=C(Cc1cccc(-c2ccc(CO)cc2)c1)Nc1cc2ccccc2cc1C(=O)O. The van der Waals surface area contributed by atoms with E-state index in [0.717, 1.165) is 33.0 Å². The largest absolute Gasteiger partial charge is 0.478 e. The first kappa shape index (κ1) is 20.3. The number of anilines is 1. The average Bonchev–Trinajstić information content (AvgIpc) is 2.78. The number of fused-ring (bicyclic) bond motifs is 1. The van der Waals surface area contributed by atoms with Gasteiger partial charge in [0, 0.05) is 0 Å². The number of amides is 1. The Morgan fingerprint density at radius 1 is 0.742 bits per heavy atom. The summed E-state index contributed by atoms with van der Waals surface area (Å²) in [5.41, 5.74) is 3.95. The van der Waals surface area contributed by atoms with E-state index in [-0.39, 0.29) is 30.2 Å². The van der Waals surface area contributed by atoms with Crippen LogP contribution in [0.15, 0.2) is 84.9 Å². The van der Waals surface area contributed by atoms with Gasteiger partial charge in [0.2, 0.25) is 5.91 Å². The normalized spacial score (nSPS) is 10.7. The monoisotopic (exact) mass is 411 g/mol. The van der Waals surface area contributed by atoms with E-state index >= 15 is 0 Å². The van der Waals surface area contributed by atoms with E-state index in [1.165, 1.54) is 0 Å². The summed E-state index contributed by atoms with van der Waals surface area (Å²) in [6, 6.07) is 25.9. The second kappa shape index (κ2) is 8.81. The van der Waals surface area contributed by atoms with Crippen molar-refractivity contribution >= 4 is 28.3 Å². The molecule has 31 heavy (non-hydrogen) atoms. The van der Waals surface area contributed by atoms with E-state index in [1.54, 1.807) is 12.1 Å². The lowest BCUT2D eigenvalue weighted by atomic mass is 10.0. The molecule has 5 nitrogen and oxygen atoms in total. The number of carbonyl (C=O) groups excluding carboxylic acids is 1. The van der Waals surface area contributed by atoms with E-state index in [1.807, 2.05) is 72.8 Å². The third-order valence-electron chi connectivity index (χ3n) is 5.15. The molecule has 0 saturated heterocycles. The Kier molecular flexibility index (Phi) is 5.78. The first-order valence-electron chi connectivity index (χ1n) is 9.88. The fourth-order valence-electron chi connectivity index (χ4n) is 3.56. The van der Waals surface area contributed by atoms with E-state index in [2.05, 4.69) is 5.32 Å². The third-order valence-corrected chi connectivity index (χ3v) is 5.15. The molecule has 0 unspecified atom stereocenters. The zero-order chi connectivity index (χ0) is 21.8. The van der Waals surface area contributed by atoms with Gasteiger partial charge < -0.3 is 15.5 Å². The lowest BCUT2D eigenvalue weighted by Gasteiger charge is -2.11. The maximum atomic E-state index is 12.7. The van der Waals surface area contributed by atoms with Crippen LogP contribution in [0.4, 0.5) is 5.69 Å². The van der Waals surface area contributed by atoms with E-state index in [9.17, 15) is 19.8 Å². The average molecular weight is 411 g/mol. The van der Waals surface area contributed by atoms with Crippen LogP contribution in [0.25, 0.3) is 21.9 Å². The molecule has 0 fully saturated rings. The highest BCUT2D eigenvalue weighted by atomic mass is 16.4. The third kappa shape index (κ3) is 4.63. The fourth-order valence-corrected chi connectivity index (χ4v) is 3.56. The van der Waals surface area contributed by atoms with Crippen LogP contribution in [0.2, 0.25) is 0 Å². The van der Waals surface area contributed by atoms with Crippen LogP contribution < -0.4 is 5.32 Å². The number of nitrogens with one attached hydrogen (secondary N) is 1.